The lowest BCUT2D eigenvalue weighted by molar-refractivity contribution is -0.149. The Balaban J connectivity index is 2.35. The highest BCUT2D eigenvalue weighted by molar-refractivity contribution is 6.01. The topological polar surface area (TPSA) is 66.8 Å². The lowest BCUT2D eigenvalue weighted by Gasteiger charge is -2.20. The Bertz CT molecular complexity index is 584. The molecule has 5 heteroatoms. The normalized spacial score (nSPS) is 15.3. The number of rotatable bonds is 2. The molecule has 1 heterocycles. The van der Waals surface area contributed by atoms with E-state index in [0.29, 0.717) is 11.1 Å². The highest BCUT2D eigenvalue weighted by atomic mass is 16.6. The molecule has 0 saturated heterocycles. The van der Waals surface area contributed by atoms with Gasteiger partial charge in [0.15, 0.2) is 0 Å². The molecule has 1 aliphatic rings. The van der Waals surface area contributed by atoms with Crippen molar-refractivity contribution in [3.63, 3.8) is 0 Å². The predicted octanol–water partition coefficient (Wildman–Crippen LogP) is 2.78. The van der Waals surface area contributed by atoms with Crippen LogP contribution in [0.5, 0.6) is 0 Å². The Morgan fingerprint density at radius 3 is 2.29 bits per heavy atom. The minimum atomic E-state index is -1.04. The average Bonchev–Trinajstić information content (AvgIpc) is 2.83. The van der Waals surface area contributed by atoms with Crippen molar-refractivity contribution in [2.75, 3.05) is 13.1 Å². The third kappa shape index (κ3) is 3.62. The van der Waals surface area contributed by atoms with Crippen molar-refractivity contribution in [1.82, 2.24) is 4.90 Å². The van der Waals surface area contributed by atoms with Crippen LogP contribution in [0.15, 0.2) is 35.9 Å². The van der Waals surface area contributed by atoms with Crippen LogP contribution in [0.25, 0.3) is 5.57 Å². The Labute approximate surface area is 123 Å². The van der Waals surface area contributed by atoms with Crippen LogP contribution in [0.4, 0.5) is 4.79 Å². The van der Waals surface area contributed by atoms with Crippen molar-refractivity contribution >= 4 is 17.6 Å². The quantitative estimate of drug-likeness (QED) is 0.850. The van der Waals surface area contributed by atoms with Gasteiger partial charge in [-0.3, -0.25) is 4.90 Å². The zero-order valence-corrected chi connectivity index (χ0v) is 12.4. The van der Waals surface area contributed by atoms with E-state index in [1.54, 1.807) is 20.8 Å². The van der Waals surface area contributed by atoms with E-state index < -0.39 is 17.7 Å². The molecule has 0 spiro atoms. The van der Waals surface area contributed by atoms with Gasteiger partial charge in [0.25, 0.3) is 0 Å². The van der Waals surface area contributed by atoms with Crippen LogP contribution in [0.1, 0.15) is 26.3 Å². The number of carboxylic acid groups (broad SMARTS) is 1. The first-order chi connectivity index (χ1) is 9.78. The van der Waals surface area contributed by atoms with Crippen molar-refractivity contribution in [3.05, 3.63) is 41.5 Å². The summed E-state index contributed by atoms with van der Waals surface area (Å²) in [6, 6.07) is 9.33. The molecule has 112 valence electrons. The second kappa shape index (κ2) is 5.60. The van der Waals surface area contributed by atoms with Gasteiger partial charge in [0.05, 0.1) is 18.7 Å². The van der Waals surface area contributed by atoms with Gasteiger partial charge in [-0.15, -0.1) is 0 Å². The summed E-state index contributed by atoms with van der Waals surface area (Å²) in [6.45, 7) is 5.63. The zero-order chi connectivity index (χ0) is 15.6. The maximum atomic E-state index is 12.3. The molecule has 1 N–H and O–H groups in total. The molecule has 0 fully saturated rings. The molecule has 1 aliphatic heterocycles. The number of ether oxygens (including phenoxy) is 1. The minimum absolute atomic E-state index is 0.0640. The maximum absolute atomic E-state index is 12.3. The van der Waals surface area contributed by atoms with Gasteiger partial charge in [-0.05, 0) is 31.9 Å². The second-order valence-electron chi connectivity index (χ2n) is 5.96. The second-order valence-corrected chi connectivity index (χ2v) is 5.96. The number of hydrogen-bond acceptors (Lipinski definition) is 3. The van der Waals surface area contributed by atoms with Crippen molar-refractivity contribution in [2.45, 2.75) is 26.4 Å². The van der Waals surface area contributed by atoms with Crippen LogP contribution in [0.3, 0.4) is 0 Å². The minimum Gasteiger partial charge on any atom is -0.465 e. The van der Waals surface area contributed by atoms with Crippen molar-refractivity contribution in [3.8, 4) is 0 Å². The number of benzene rings is 1. The van der Waals surface area contributed by atoms with Gasteiger partial charge in [-0.2, -0.15) is 0 Å². The van der Waals surface area contributed by atoms with Crippen LogP contribution in [-0.2, 0) is 9.53 Å². The van der Waals surface area contributed by atoms with E-state index in [4.69, 9.17) is 9.84 Å². The number of hydrogen-bond donors (Lipinski definition) is 1. The SMILES string of the molecule is CC(C)(C)OC(=O)C1=C(c2ccccc2)CN(C(=O)O)C1. The Morgan fingerprint density at radius 2 is 1.76 bits per heavy atom. The van der Waals surface area contributed by atoms with Crippen LogP contribution in [-0.4, -0.2) is 40.8 Å². The Morgan fingerprint density at radius 1 is 1.14 bits per heavy atom. The van der Waals surface area contributed by atoms with Crippen molar-refractivity contribution < 1.29 is 19.4 Å². The molecule has 5 nitrogen and oxygen atoms in total. The molecule has 0 radical (unpaired) electrons. The Hall–Kier alpha value is -2.30. The number of nitrogens with zero attached hydrogens (tertiary/aromatic N) is 1. The average molecular weight is 289 g/mol. The van der Waals surface area contributed by atoms with Crippen LogP contribution >= 0.6 is 0 Å². The van der Waals surface area contributed by atoms with Gasteiger partial charge in [-0.25, -0.2) is 9.59 Å². The molecular weight excluding hydrogens is 270 g/mol. The van der Waals surface area contributed by atoms with E-state index in [1.807, 2.05) is 30.3 Å². The molecule has 0 bridgehead atoms. The fourth-order valence-electron chi connectivity index (χ4n) is 2.20. The maximum Gasteiger partial charge on any atom is 0.407 e. The van der Waals surface area contributed by atoms with Gasteiger partial charge < -0.3 is 9.84 Å². The monoisotopic (exact) mass is 289 g/mol. The van der Waals surface area contributed by atoms with E-state index in [-0.39, 0.29) is 13.1 Å². The summed E-state index contributed by atoms with van der Waals surface area (Å²) in [7, 11) is 0. The molecule has 0 aliphatic carbocycles. The van der Waals surface area contributed by atoms with E-state index in [1.165, 1.54) is 4.90 Å². The summed E-state index contributed by atoms with van der Waals surface area (Å²) in [6.07, 6.45) is -1.04. The molecule has 21 heavy (non-hydrogen) atoms. The zero-order valence-electron chi connectivity index (χ0n) is 12.4. The predicted molar refractivity (Wildman–Crippen MR) is 78.8 cm³/mol. The van der Waals surface area contributed by atoms with E-state index >= 15 is 0 Å². The molecular formula is C16H19NO4. The molecule has 0 saturated carbocycles. The van der Waals surface area contributed by atoms with Gasteiger partial charge in [0.2, 0.25) is 0 Å². The summed E-state index contributed by atoms with van der Waals surface area (Å²) in [5, 5.41) is 9.16. The first-order valence-corrected chi connectivity index (χ1v) is 6.76. The highest BCUT2D eigenvalue weighted by Gasteiger charge is 2.32. The van der Waals surface area contributed by atoms with E-state index in [2.05, 4.69) is 0 Å². The van der Waals surface area contributed by atoms with Crippen molar-refractivity contribution in [1.29, 1.82) is 0 Å². The summed E-state index contributed by atoms with van der Waals surface area (Å²) >= 11 is 0. The third-order valence-electron chi connectivity index (χ3n) is 3.10. The summed E-state index contributed by atoms with van der Waals surface area (Å²) in [5.74, 6) is -0.454. The molecule has 0 aromatic heterocycles. The molecule has 1 aromatic carbocycles. The number of carbonyl (C=O) groups excluding carboxylic acids is 1. The molecule has 0 unspecified atom stereocenters. The molecule has 1 aromatic rings. The number of esters is 1. The lowest BCUT2D eigenvalue weighted by Crippen LogP contribution is -2.30. The molecule has 0 atom stereocenters. The van der Waals surface area contributed by atoms with Gasteiger partial charge >= 0.3 is 12.1 Å². The number of amides is 1. The summed E-state index contributed by atoms with van der Waals surface area (Å²) in [4.78, 5) is 24.7. The van der Waals surface area contributed by atoms with Gasteiger partial charge in [0, 0.05) is 0 Å². The highest BCUT2D eigenvalue weighted by Crippen LogP contribution is 2.28. The van der Waals surface area contributed by atoms with Crippen molar-refractivity contribution in [2.24, 2.45) is 0 Å². The smallest absolute Gasteiger partial charge is 0.407 e. The van der Waals surface area contributed by atoms with Crippen LogP contribution < -0.4 is 0 Å². The lowest BCUT2D eigenvalue weighted by atomic mass is 10.0. The first kappa shape index (κ1) is 15.1. The largest absolute Gasteiger partial charge is 0.465 e. The fourth-order valence-corrected chi connectivity index (χ4v) is 2.20. The van der Waals surface area contributed by atoms with Gasteiger partial charge in [-0.1, -0.05) is 30.3 Å². The van der Waals surface area contributed by atoms with Crippen LogP contribution in [0, 0.1) is 0 Å². The summed E-state index contributed by atoms with van der Waals surface area (Å²) < 4.78 is 5.39. The molecule has 1 amide bonds. The first-order valence-electron chi connectivity index (χ1n) is 6.76. The van der Waals surface area contributed by atoms with Gasteiger partial charge in [0.1, 0.15) is 5.60 Å². The number of carbonyl (C=O) groups is 2. The third-order valence-corrected chi connectivity index (χ3v) is 3.10. The van der Waals surface area contributed by atoms with E-state index in [9.17, 15) is 9.59 Å². The standard InChI is InChI=1S/C16H19NO4/c1-16(2,3)21-14(18)13-10-17(15(19)20)9-12(13)11-7-5-4-6-8-11/h4-8H,9-10H2,1-3H3,(H,19,20). The summed E-state index contributed by atoms with van der Waals surface area (Å²) in [5.41, 5.74) is 1.37. The molecule has 2 rings (SSSR count). The Kier molecular flexibility index (Phi) is 4.02. The fraction of sp³-hybridized carbons (Fsp3) is 0.375. The van der Waals surface area contributed by atoms with E-state index in [0.717, 1.165) is 5.56 Å². The van der Waals surface area contributed by atoms with Crippen LogP contribution in [0.2, 0.25) is 0 Å².